The van der Waals surface area contributed by atoms with Crippen LogP contribution in [0, 0.1) is 21.4 Å². The maximum Gasteiger partial charge on any atom is 0.287 e. The van der Waals surface area contributed by atoms with E-state index in [9.17, 15) is 18.5 Å². The van der Waals surface area contributed by atoms with Crippen molar-refractivity contribution in [1.29, 1.82) is 5.26 Å². The van der Waals surface area contributed by atoms with Gasteiger partial charge in [-0.05, 0) is 24.3 Å². The van der Waals surface area contributed by atoms with Gasteiger partial charge in [0.1, 0.15) is 11.6 Å². The molecule has 0 spiro atoms. The standard InChI is InChI=1S/C13H8N2O4S/c14-9-10-8-12(6-7-13(10)15(16)17)20(18,19)11-4-2-1-3-5-11/h1-8H. The molecule has 0 aliphatic heterocycles. The van der Waals surface area contributed by atoms with Crippen LogP contribution < -0.4 is 0 Å². The van der Waals surface area contributed by atoms with Crippen molar-refractivity contribution in [2.75, 3.05) is 0 Å². The summed E-state index contributed by atoms with van der Waals surface area (Å²) in [5.74, 6) is 0. The first kappa shape index (κ1) is 13.7. The van der Waals surface area contributed by atoms with Crippen LogP contribution in [-0.2, 0) is 9.84 Å². The average Bonchev–Trinajstić information content (AvgIpc) is 2.47. The maximum atomic E-state index is 12.3. The molecule has 7 heteroatoms. The normalized spacial score (nSPS) is 10.8. The summed E-state index contributed by atoms with van der Waals surface area (Å²) < 4.78 is 24.6. The molecule has 2 aromatic carbocycles. The predicted octanol–water partition coefficient (Wildman–Crippen LogP) is 2.30. The van der Waals surface area contributed by atoms with E-state index in [4.69, 9.17) is 5.26 Å². The van der Waals surface area contributed by atoms with Crippen molar-refractivity contribution in [2.45, 2.75) is 9.79 Å². The Morgan fingerprint density at radius 1 is 1.05 bits per heavy atom. The molecule has 6 nitrogen and oxygen atoms in total. The number of rotatable bonds is 3. The summed E-state index contributed by atoms with van der Waals surface area (Å²) in [5, 5.41) is 19.6. The molecule has 0 heterocycles. The van der Waals surface area contributed by atoms with Crippen LogP contribution in [0.15, 0.2) is 58.3 Å². The van der Waals surface area contributed by atoms with Crippen molar-refractivity contribution in [1.82, 2.24) is 0 Å². The molecule has 0 saturated carbocycles. The summed E-state index contributed by atoms with van der Waals surface area (Å²) in [7, 11) is -3.79. The van der Waals surface area contributed by atoms with Gasteiger partial charge in [0.25, 0.3) is 5.69 Å². The molecule has 2 rings (SSSR count). The summed E-state index contributed by atoms with van der Waals surface area (Å²) in [6.07, 6.45) is 0. The third kappa shape index (κ3) is 2.37. The molecule has 2 aromatic rings. The first-order chi connectivity index (χ1) is 9.46. The molecule has 0 unspecified atom stereocenters. The van der Waals surface area contributed by atoms with Crippen LogP contribution in [0.3, 0.4) is 0 Å². The van der Waals surface area contributed by atoms with Gasteiger partial charge in [0.05, 0.1) is 14.7 Å². The third-order valence-electron chi connectivity index (χ3n) is 2.65. The third-order valence-corrected chi connectivity index (χ3v) is 4.42. The summed E-state index contributed by atoms with van der Waals surface area (Å²) in [6.45, 7) is 0. The molecule has 100 valence electrons. The topological polar surface area (TPSA) is 101 Å². The van der Waals surface area contributed by atoms with Crippen molar-refractivity contribution in [2.24, 2.45) is 0 Å². The molecule has 0 aliphatic carbocycles. The summed E-state index contributed by atoms with van der Waals surface area (Å²) in [4.78, 5) is 9.91. The van der Waals surface area contributed by atoms with E-state index in [1.165, 1.54) is 12.1 Å². The highest BCUT2D eigenvalue weighted by Gasteiger charge is 2.21. The average molecular weight is 288 g/mol. The number of nitro groups is 1. The van der Waals surface area contributed by atoms with Crippen molar-refractivity contribution < 1.29 is 13.3 Å². The van der Waals surface area contributed by atoms with E-state index in [2.05, 4.69) is 0 Å². The quantitative estimate of drug-likeness (QED) is 0.637. The van der Waals surface area contributed by atoms with Gasteiger partial charge < -0.3 is 0 Å². The SMILES string of the molecule is N#Cc1cc(S(=O)(=O)c2ccccc2)ccc1[N+](=O)[O-]. The lowest BCUT2D eigenvalue weighted by Gasteiger charge is -2.04. The van der Waals surface area contributed by atoms with Crippen LogP contribution in [0.1, 0.15) is 5.56 Å². The smallest absolute Gasteiger partial charge is 0.258 e. The van der Waals surface area contributed by atoms with E-state index in [1.54, 1.807) is 24.3 Å². The summed E-state index contributed by atoms with van der Waals surface area (Å²) in [5.41, 5.74) is -0.702. The van der Waals surface area contributed by atoms with Crippen molar-refractivity contribution in [3.05, 3.63) is 64.2 Å². The van der Waals surface area contributed by atoms with Crippen molar-refractivity contribution in [3.8, 4) is 6.07 Å². The van der Waals surface area contributed by atoms with Crippen LogP contribution in [-0.4, -0.2) is 13.3 Å². The Labute approximate surface area is 115 Å². The molecule has 0 amide bonds. The Balaban J connectivity index is 2.61. The highest BCUT2D eigenvalue weighted by Crippen LogP contribution is 2.26. The Kier molecular flexibility index (Phi) is 3.50. The second kappa shape index (κ2) is 5.11. The molecule has 0 radical (unpaired) electrons. The second-order valence-corrected chi connectivity index (χ2v) is 5.81. The molecular formula is C13H8N2O4S. The van der Waals surface area contributed by atoms with E-state index in [0.717, 1.165) is 18.2 Å². The number of hydrogen-bond donors (Lipinski definition) is 0. The number of nitriles is 1. The van der Waals surface area contributed by atoms with E-state index < -0.39 is 20.4 Å². The van der Waals surface area contributed by atoms with Gasteiger partial charge in [-0.15, -0.1) is 0 Å². The fraction of sp³-hybridized carbons (Fsp3) is 0. The molecule has 0 fully saturated rings. The van der Waals surface area contributed by atoms with E-state index in [0.29, 0.717) is 0 Å². The Bertz CT molecular complexity index is 808. The van der Waals surface area contributed by atoms with Gasteiger partial charge >= 0.3 is 0 Å². The number of hydrogen-bond acceptors (Lipinski definition) is 5. The predicted molar refractivity (Wildman–Crippen MR) is 69.7 cm³/mol. The van der Waals surface area contributed by atoms with Crippen LogP contribution >= 0.6 is 0 Å². The molecule has 20 heavy (non-hydrogen) atoms. The lowest BCUT2D eigenvalue weighted by Crippen LogP contribution is -2.03. The maximum absolute atomic E-state index is 12.3. The van der Waals surface area contributed by atoms with Gasteiger partial charge in [0.2, 0.25) is 9.84 Å². The number of sulfone groups is 1. The highest BCUT2D eigenvalue weighted by atomic mass is 32.2. The lowest BCUT2D eigenvalue weighted by molar-refractivity contribution is -0.385. The van der Waals surface area contributed by atoms with Gasteiger partial charge in [-0.1, -0.05) is 18.2 Å². The van der Waals surface area contributed by atoms with Crippen LogP contribution in [0.5, 0.6) is 0 Å². The zero-order valence-electron chi connectivity index (χ0n) is 10.1. The zero-order chi connectivity index (χ0) is 14.8. The van der Waals surface area contributed by atoms with Gasteiger partial charge in [0, 0.05) is 6.07 Å². The van der Waals surface area contributed by atoms with Crippen molar-refractivity contribution >= 4 is 15.5 Å². The lowest BCUT2D eigenvalue weighted by atomic mass is 10.2. The van der Waals surface area contributed by atoms with E-state index in [-0.39, 0.29) is 15.4 Å². The molecule has 0 atom stereocenters. The first-order valence-electron chi connectivity index (χ1n) is 5.45. The Morgan fingerprint density at radius 2 is 1.70 bits per heavy atom. The van der Waals surface area contributed by atoms with Gasteiger partial charge in [-0.25, -0.2) is 8.42 Å². The van der Waals surface area contributed by atoms with Crippen LogP contribution in [0.4, 0.5) is 5.69 Å². The van der Waals surface area contributed by atoms with Gasteiger partial charge in [-0.3, -0.25) is 10.1 Å². The molecule has 0 saturated heterocycles. The largest absolute Gasteiger partial charge is 0.287 e. The minimum Gasteiger partial charge on any atom is -0.258 e. The molecule has 0 aromatic heterocycles. The molecule has 0 N–H and O–H groups in total. The Morgan fingerprint density at radius 3 is 2.25 bits per heavy atom. The number of nitro benzene ring substituents is 1. The fourth-order valence-electron chi connectivity index (χ4n) is 1.67. The van der Waals surface area contributed by atoms with Gasteiger partial charge in [-0.2, -0.15) is 5.26 Å². The van der Waals surface area contributed by atoms with E-state index in [1.807, 2.05) is 0 Å². The fourth-order valence-corrected chi connectivity index (χ4v) is 2.97. The zero-order valence-corrected chi connectivity index (χ0v) is 10.9. The van der Waals surface area contributed by atoms with Gasteiger partial charge in [0.15, 0.2) is 0 Å². The summed E-state index contributed by atoms with van der Waals surface area (Å²) in [6, 6.07) is 12.5. The minimum atomic E-state index is -3.79. The monoisotopic (exact) mass is 288 g/mol. The van der Waals surface area contributed by atoms with Crippen LogP contribution in [0.25, 0.3) is 0 Å². The Hall–Kier alpha value is -2.72. The van der Waals surface area contributed by atoms with Crippen LogP contribution in [0.2, 0.25) is 0 Å². The van der Waals surface area contributed by atoms with E-state index >= 15 is 0 Å². The molecular weight excluding hydrogens is 280 g/mol. The number of nitrogens with zero attached hydrogens (tertiary/aromatic N) is 2. The first-order valence-corrected chi connectivity index (χ1v) is 6.94. The van der Waals surface area contributed by atoms with Crippen molar-refractivity contribution in [3.63, 3.8) is 0 Å². The second-order valence-electron chi connectivity index (χ2n) is 3.86. The number of benzene rings is 2. The highest BCUT2D eigenvalue weighted by molar-refractivity contribution is 7.91. The summed E-state index contributed by atoms with van der Waals surface area (Å²) >= 11 is 0. The molecule has 0 bridgehead atoms. The minimum absolute atomic E-state index is 0.0674. The molecule has 0 aliphatic rings.